The lowest BCUT2D eigenvalue weighted by atomic mass is 10.1. The Morgan fingerprint density at radius 2 is 2.00 bits per heavy atom. The second-order valence-electron chi connectivity index (χ2n) is 4.15. The van der Waals surface area contributed by atoms with Crippen molar-refractivity contribution >= 4 is 5.69 Å². The van der Waals surface area contributed by atoms with Gasteiger partial charge < -0.3 is 10.5 Å². The molecule has 3 nitrogen and oxygen atoms in total. The molecule has 0 aliphatic heterocycles. The Kier molecular flexibility index (Phi) is 3.67. The van der Waals surface area contributed by atoms with Gasteiger partial charge in [-0.25, -0.2) is 4.39 Å². The molecule has 2 rings (SSSR count). The zero-order valence-electron chi connectivity index (χ0n) is 10.5. The van der Waals surface area contributed by atoms with Crippen LogP contribution in [0, 0.1) is 24.1 Å². The van der Waals surface area contributed by atoms with Gasteiger partial charge in [0, 0.05) is 16.8 Å². The summed E-state index contributed by atoms with van der Waals surface area (Å²) < 4.78 is 19.4. The van der Waals surface area contributed by atoms with Crippen molar-refractivity contribution in [1.29, 1.82) is 5.26 Å². The fourth-order valence-corrected chi connectivity index (χ4v) is 1.72. The molecule has 0 fully saturated rings. The van der Waals surface area contributed by atoms with Crippen LogP contribution in [0.2, 0.25) is 0 Å². The van der Waals surface area contributed by atoms with Gasteiger partial charge in [0.1, 0.15) is 24.2 Å². The van der Waals surface area contributed by atoms with E-state index in [-0.39, 0.29) is 12.2 Å². The lowest BCUT2D eigenvalue weighted by molar-refractivity contribution is 0.298. The number of nitrogens with two attached hydrogens (primary N) is 1. The Balaban J connectivity index is 2.20. The third kappa shape index (κ3) is 2.66. The Bertz CT molecular complexity index is 647. The first-order valence-electron chi connectivity index (χ1n) is 5.79. The summed E-state index contributed by atoms with van der Waals surface area (Å²) in [4.78, 5) is 0. The maximum absolute atomic E-state index is 13.8. The third-order valence-electron chi connectivity index (χ3n) is 2.91. The molecule has 0 aliphatic rings. The van der Waals surface area contributed by atoms with Crippen LogP contribution in [0.15, 0.2) is 36.4 Å². The Morgan fingerprint density at radius 3 is 2.74 bits per heavy atom. The lowest BCUT2D eigenvalue weighted by Gasteiger charge is -2.11. The van der Waals surface area contributed by atoms with Crippen LogP contribution >= 0.6 is 0 Å². The number of anilines is 1. The first-order valence-corrected chi connectivity index (χ1v) is 5.79. The van der Waals surface area contributed by atoms with Crippen LogP contribution in [0.1, 0.15) is 16.7 Å². The molecule has 0 atom stereocenters. The van der Waals surface area contributed by atoms with E-state index < -0.39 is 5.82 Å². The predicted molar refractivity (Wildman–Crippen MR) is 71.0 cm³/mol. The highest BCUT2D eigenvalue weighted by Crippen LogP contribution is 2.24. The molecule has 0 aromatic heterocycles. The van der Waals surface area contributed by atoms with Crippen molar-refractivity contribution in [1.82, 2.24) is 0 Å². The molecule has 0 spiro atoms. The van der Waals surface area contributed by atoms with Gasteiger partial charge in [-0.2, -0.15) is 5.26 Å². The zero-order valence-corrected chi connectivity index (χ0v) is 10.5. The van der Waals surface area contributed by atoms with Gasteiger partial charge in [0.2, 0.25) is 0 Å². The second-order valence-corrected chi connectivity index (χ2v) is 4.15. The summed E-state index contributed by atoms with van der Waals surface area (Å²) in [6, 6.07) is 11.8. The van der Waals surface area contributed by atoms with Crippen molar-refractivity contribution in [3.63, 3.8) is 0 Å². The zero-order chi connectivity index (χ0) is 13.8. The van der Waals surface area contributed by atoms with E-state index in [4.69, 9.17) is 15.7 Å². The third-order valence-corrected chi connectivity index (χ3v) is 2.91. The van der Waals surface area contributed by atoms with E-state index in [0.29, 0.717) is 17.0 Å². The molecule has 2 aromatic rings. The van der Waals surface area contributed by atoms with Crippen LogP contribution in [0.25, 0.3) is 0 Å². The van der Waals surface area contributed by atoms with Gasteiger partial charge in [0.15, 0.2) is 0 Å². The summed E-state index contributed by atoms with van der Waals surface area (Å²) in [6.07, 6.45) is 0. The topological polar surface area (TPSA) is 59.0 Å². The first-order chi connectivity index (χ1) is 9.13. The fourth-order valence-electron chi connectivity index (χ4n) is 1.72. The minimum atomic E-state index is -0.536. The van der Waals surface area contributed by atoms with Crippen molar-refractivity contribution < 1.29 is 9.13 Å². The molecule has 0 heterocycles. The Labute approximate surface area is 111 Å². The molecule has 0 aliphatic carbocycles. The molecule has 19 heavy (non-hydrogen) atoms. The molecule has 0 radical (unpaired) electrons. The van der Waals surface area contributed by atoms with Gasteiger partial charge in [-0.15, -0.1) is 0 Å². The van der Waals surface area contributed by atoms with E-state index in [9.17, 15) is 4.39 Å². The highest BCUT2D eigenvalue weighted by molar-refractivity contribution is 5.53. The average molecular weight is 256 g/mol. The summed E-state index contributed by atoms with van der Waals surface area (Å²) in [5, 5.41) is 8.76. The summed E-state index contributed by atoms with van der Waals surface area (Å²) in [6.45, 7) is 1.90. The van der Waals surface area contributed by atoms with Crippen molar-refractivity contribution in [2.75, 3.05) is 5.73 Å². The van der Waals surface area contributed by atoms with Gasteiger partial charge >= 0.3 is 0 Å². The smallest absolute Gasteiger partial charge is 0.147 e. The molecule has 0 unspecified atom stereocenters. The maximum atomic E-state index is 13.8. The highest BCUT2D eigenvalue weighted by Gasteiger charge is 2.09. The van der Waals surface area contributed by atoms with Crippen molar-refractivity contribution in [2.24, 2.45) is 0 Å². The Morgan fingerprint density at radius 1 is 1.26 bits per heavy atom. The van der Waals surface area contributed by atoms with Gasteiger partial charge in [-0.05, 0) is 25.1 Å². The number of nitriles is 1. The van der Waals surface area contributed by atoms with Gasteiger partial charge in [-0.3, -0.25) is 0 Å². The first kappa shape index (κ1) is 12.9. The molecule has 0 saturated heterocycles. The van der Waals surface area contributed by atoms with Crippen LogP contribution in [-0.2, 0) is 6.61 Å². The summed E-state index contributed by atoms with van der Waals surface area (Å²) >= 11 is 0. The minimum absolute atomic E-state index is 0.0189. The molecule has 96 valence electrons. The number of benzene rings is 2. The van der Waals surface area contributed by atoms with Crippen LogP contribution in [0.3, 0.4) is 0 Å². The van der Waals surface area contributed by atoms with E-state index in [1.807, 2.05) is 6.92 Å². The number of halogens is 1. The van der Waals surface area contributed by atoms with Crippen LogP contribution in [-0.4, -0.2) is 0 Å². The normalized spacial score (nSPS) is 9.95. The van der Waals surface area contributed by atoms with Crippen molar-refractivity contribution in [3.8, 4) is 11.8 Å². The molecule has 0 bridgehead atoms. The number of hydrogen-bond acceptors (Lipinski definition) is 3. The summed E-state index contributed by atoms with van der Waals surface area (Å²) in [7, 11) is 0. The van der Waals surface area contributed by atoms with Crippen LogP contribution < -0.4 is 10.5 Å². The highest BCUT2D eigenvalue weighted by atomic mass is 19.1. The Hall–Kier alpha value is -2.54. The van der Waals surface area contributed by atoms with Crippen molar-refractivity contribution in [2.45, 2.75) is 13.5 Å². The largest absolute Gasteiger partial charge is 0.488 e. The number of nitrogens with zero attached hydrogens (tertiary/aromatic N) is 1. The van der Waals surface area contributed by atoms with Gasteiger partial charge in [0.25, 0.3) is 0 Å². The second kappa shape index (κ2) is 5.40. The van der Waals surface area contributed by atoms with Gasteiger partial charge in [0.05, 0.1) is 5.56 Å². The molecule has 0 saturated carbocycles. The molecular formula is C15H13FN2O. The van der Waals surface area contributed by atoms with Gasteiger partial charge in [-0.1, -0.05) is 18.2 Å². The standard InChI is InChI=1S/C15H13FN2O/c1-10-13(18)6-3-7-14(10)19-9-12-5-2-4-11(8-17)15(12)16/h2-7H,9,18H2,1H3. The number of ether oxygens (including phenoxy) is 1. The van der Waals surface area contributed by atoms with E-state index in [2.05, 4.69) is 0 Å². The SMILES string of the molecule is Cc1c(N)cccc1OCc1cccc(C#N)c1F. The van der Waals surface area contributed by atoms with E-state index >= 15 is 0 Å². The van der Waals surface area contributed by atoms with Crippen LogP contribution in [0.5, 0.6) is 5.75 Å². The molecule has 2 aromatic carbocycles. The molecular weight excluding hydrogens is 243 g/mol. The monoisotopic (exact) mass is 256 g/mol. The van der Waals surface area contributed by atoms with Crippen LogP contribution in [0.4, 0.5) is 10.1 Å². The van der Waals surface area contributed by atoms with E-state index in [1.54, 1.807) is 36.4 Å². The average Bonchev–Trinajstić information content (AvgIpc) is 2.42. The lowest BCUT2D eigenvalue weighted by Crippen LogP contribution is -2.02. The van der Waals surface area contributed by atoms with E-state index in [0.717, 1.165) is 5.56 Å². The summed E-state index contributed by atoms with van der Waals surface area (Å²) in [5.74, 6) is 0.0771. The predicted octanol–water partition coefficient (Wildman–Crippen LogP) is 3.17. The number of hydrogen-bond donors (Lipinski definition) is 1. The fraction of sp³-hybridized carbons (Fsp3) is 0.133. The maximum Gasteiger partial charge on any atom is 0.147 e. The van der Waals surface area contributed by atoms with E-state index in [1.165, 1.54) is 6.07 Å². The molecule has 4 heteroatoms. The minimum Gasteiger partial charge on any atom is -0.488 e. The summed E-state index contributed by atoms with van der Waals surface area (Å²) in [5.41, 5.74) is 7.58. The number of rotatable bonds is 3. The van der Waals surface area contributed by atoms with Crippen molar-refractivity contribution in [3.05, 3.63) is 58.9 Å². The molecule has 0 amide bonds. The number of nitrogen functional groups attached to an aromatic ring is 1. The quantitative estimate of drug-likeness (QED) is 0.858. The molecule has 2 N–H and O–H groups in total.